The van der Waals surface area contributed by atoms with Crippen LogP contribution in [0.4, 0.5) is 13.2 Å². The molecule has 0 spiro atoms. The standard InChI is InChI=1S/C22H21F3N2O/c1-15(16-6-4-3-5-7-16)26-14-19-12-13-20(28-2)21(27-19)17-8-10-18(11-9-17)22(23,24)25/h3-13,15,26H,14H2,1-2H3/t15-/m1/s1. The lowest BCUT2D eigenvalue weighted by atomic mass is 10.1. The lowest BCUT2D eigenvalue weighted by Gasteiger charge is -2.15. The van der Waals surface area contributed by atoms with Crippen molar-refractivity contribution in [3.63, 3.8) is 0 Å². The van der Waals surface area contributed by atoms with Crippen molar-refractivity contribution >= 4 is 0 Å². The third-order valence-electron chi connectivity index (χ3n) is 4.51. The molecule has 1 aromatic heterocycles. The Bertz CT molecular complexity index is 909. The molecule has 0 fully saturated rings. The fourth-order valence-corrected chi connectivity index (χ4v) is 2.89. The van der Waals surface area contributed by atoms with Crippen LogP contribution in [0.15, 0.2) is 66.7 Å². The van der Waals surface area contributed by atoms with Crippen molar-refractivity contribution in [2.24, 2.45) is 0 Å². The van der Waals surface area contributed by atoms with Crippen LogP contribution in [0.25, 0.3) is 11.3 Å². The minimum atomic E-state index is -4.37. The van der Waals surface area contributed by atoms with E-state index in [1.807, 2.05) is 36.4 Å². The highest BCUT2D eigenvalue weighted by Gasteiger charge is 2.30. The summed E-state index contributed by atoms with van der Waals surface area (Å²) in [5.41, 5.74) is 2.34. The number of benzene rings is 2. The highest BCUT2D eigenvalue weighted by molar-refractivity contribution is 5.66. The van der Waals surface area contributed by atoms with Crippen molar-refractivity contribution in [1.29, 1.82) is 0 Å². The Balaban J connectivity index is 1.80. The van der Waals surface area contributed by atoms with Gasteiger partial charge >= 0.3 is 6.18 Å². The second-order valence-electron chi connectivity index (χ2n) is 6.44. The molecule has 1 heterocycles. The van der Waals surface area contributed by atoms with Crippen LogP contribution in [0.3, 0.4) is 0 Å². The van der Waals surface area contributed by atoms with E-state index in [0.29, 0.717) is 23.6 Å². The molecule has 0 aliphatic heterocycles. The second-order valence-corrected chi connectivity index (χ2v) is 6.44. The zero-order valence-corrected chi connectivity index (χ0v) is 15.6. The average molecular weight is 386 g/mol. The number of ether oxygens (including phenoxy) is 1. The molecule has 0 radical (unpaired) electrons. The van der Waals surface area contributed by atoms with Crippen molar-refractivity contribution in [1.82, 2.24) is 10.3 Å². The van der Waals surface area contributed by atoms with Crippen LogP contribution in [0.2, 0.25) is 0 Å². The van der Waals surface area contributed by atoms with Gasteiger partial charge in [0.2, 0.25) is 0 Å². The zero-order valence-electron chi connectivity index (χ0n) is 15.6. The summed E-state index contributed by atoms with van der Waals surface area (Å²) in [7, 11) is 1.51. The van der Waals surface area contributed by atoms with E-state index in [2.05, 4.69) is 17.2 Å². The van der Waals surface area contributed by atoms with E-state index < -0.39 is 11.7 Å². The van der Waals surface area contributed by atoms with Crippen molar-refractivity contribution in [2.45, 2.75) is 25.7 Å². The number of halogens is 3. The minimum absolute atomic E-state index is 0.139. The molecule has 1 atom stereocenters. The Morgan fingerprint density at radius 3 is 2.25 bits per heavy atom. The molecule has 0 saturated carbocycles. The lowest BCUT2D eigenvalue weighted by Crippen LogP contribution is -2.18. The van der Waals surface area contributed by atoms with Crippen molar-refractivity contribution in [2.75, 3.05) is 7.11 Å². The van der Waals surface area contributed by atoms with Gasteiger partial charge in [0.05, 0.1) is 18.4 Å². The van der Waals surface area contributed by atoms with E-state index in [-0.39, 0.29) is 6.04 Å². The molecule has 3 nitrogen and oxygen atoms in total. The largest absolute Gasteiger partial charge is 0.494 e. The molecule has 0 unspecified atom stereocenters. The van der Waals surface area contributed by atoms with Crippen LogP contribution >= 0.6 is 0 Å². The molecule has 6 heteroatoms. The van der Waals surface area contributed by atoms with Crippen LogP contribution < -0.4 is 10.1 Å². The van der Waals surface area contributed by atoms with Gasteiger partial charge < -0.3 is 10.1 Å². The van der Waals surface area contributed by atoms with E-state index in [9.17, 15) is 13.2 Å². The molecule has 3 rings (SSSR count). The molecular weight excluding hydrogens is 365 g/mol. The number of nitrogens with zero attached hydrogens (tertiary/aromatic N) is 1. The van der Waals surface area contributed by atoms with Gasteiger partial charge in [-0.2, -0.15) is 13.2 Å². The molecule has 146 valence electrons. The van der Waals surface area contributed by atoms with Gasteiger partial charge in [-0.05, 0) is 36.8 Å². The first-order valence-electron chi connectivity index (χ1n) is 8.88. The zero-order chi connectivity index (χ0) is 20.1. The number of rotatable bonds is 6. The number of hydrogen-bond acceptors (Lipinski definition) is 3. The van der Waals surface area contributed by atoms with Crippen LogP contribution in [0.5, 0.6) is 5.75 Å². The van der Waals surface area contributed by atoms with E-state index in [4.69, 9.17) is 4.74 Å². The summed E-state index contributed by atoms with van der Waals surface area (Å²) in [5, 5.41) is 3.41. The first-order valence-corrected chi connectivity index (χ1v) is 8.88. The van der Waals surface area contributed by atoms with Gasteiger partial charge in [-0.15, -0.1) is 0 Å². The van der Waals surface area contributed by atoms with Crippen molar-refractivity contribution in [3.05, 3.63) is 83.6 Å². The molecular formula is C22H21F3N2O. The molecule has 0 saturated heterocycles. The third-order valence-corrected chi connectivity index (χ3v) is 4.51. The maximum Gasteiger partial charge on any atom is 0.416 e. The quantitative estimate of drug-likeness (QED) is 0.596. The highest BCUT2D eigenvalue weighted by Crippen LogP contribution is 2.33. The molecule has 1 N–H and O–H groups in total. The Hall–Kier alpha value is -2.86. The average Bonchev–Trinajstić information content (AvgIpc) is 2.72. The number of alkyl halides is 3. The molecule has 0 aliphatic carbocycles. The lowest BCUT2D eigenvalue weighted by molar-refractivity contribution is -0.137. The van der Waals surface area contributed by atoms with Gasteiger partial charge in [0.25, 0.3) is 0 Å². The maximum atomic E-state index is 12.8. The second kappa shape index (κ2) is 8.44. The summed E-state index contributed by atoms with van der Waals surface area (Å²) in [4.78, 5) is 4.60. The monoisotopic (exact) mass is 386 g/mol. The summed E-state index contributed by atoms with van der Waals surface area (Å²) < 4.78 is 43.7. The summed E-state index contributed by atoms with van der Waals surface area (Å²) in [6.45, 7) is 2.59. The van der Waals surface area contributed by atoms with Crippen LogP contribution in [-0.2, 0) is 12.7 Å². The van der Waals surface area contributed by atoms with Crippen LogP contribution in [-0.4, -0.2) is 12.1 Å². The van der Waals surface area contributed by atoms with Crippen LogP contribution in [0.1, 0.15) is 29.8 Å². The van der Waals surface area contributed by atoms with Gasteiger partial charge in [0.15, 0.2) is 0 Å². The number of aromatic nitrogens is 1. The van der Waals surface area contributed by atoms with E-state index >= 15 is 0 Å². The number of pyridine rings is 1. The van der Waals surface area contributed by atoms with Crippen LogP contribution in [0, 0.1) is 0 Å². The Kier molecular flexibility index (Phi) is 5.99. The maximum absolute atomic E-state index is 12.8. The van der Waals surface area contributed by atoms with Gasteiger partial charge in [0, 0.05) is 18.2 Å². The van der Waals surface area contributed by atoms with Crippen molar-refractivity contribution < 1.29 is 17.9 Å². The Morgan fingerprint density at radius 2 is 1.64 bits per heavy atom. The number of nitrogens with one attached hydrogen (secondary N) is 1. The van der Waals surface area contributed by atoms with Gasteiger partial charge in [0.1, 0.15) is 11.4 Å². The topological polar surface area (TPSA) is 34.1 Å². The fourth-order valence-electron chi connectivity index (χ4n) is 2.89. The van der Waals surface area contributed by atoms with Gasteiger partial charge in [-0.3, -0.25) is 0 Å². The fraction of sp³-hybridized carbons (Fsp3) is 0.227. The SMILES string of the molecule is COc1ccc(CN[C@H](C)c2ccccc2)nc1-c1ccc(C(F)(F)F)cc1. The molecule has 0 bridgehead atoms. The van der Waals surface area contributed by atoms with Gasteiger partial charge in [-0.25, -0.2) is 4.98 Å². The molecule has 0 amide bonds. The smallest absolute Gasteiger partial charge is 0.416 e. The number of methoxy groups -OCH3 is 1. The third kappa shape index (κ3) is 4.70. The predicted molar refractivity (Wildman–Crippen MR) is 103 cm³/mol. The molecule has 28 heavy (non-hydrogen) atoms. The summed E-state index contributed by atoms with van der Waals surface area (Å²) in [5.74, 6) is 0.514. The first-order chi connectivity index (χ1) is 13.4. The Morgan fingerprint density at radius 1 is 0.964 bits per heavy atom. The molecule has 2 aromatic carbocycles. The van der Waals surface area contributed by atoms with E-state index in [1.165, 1.54) is 24.8 Å². The highest BCUT2D eigenvalue weighted by atomic mass is 19.4. The van der Waals surface area contributed by atoms with E-state index in [0.717, 1.165) is 17.8 Å². The summed E-state index contributed by atoms with van der Waals surface area (Å²) in [6, 6.07) is 18.7. The Labute approximate surface area is 162 Å². The minimum Gasteiger partial charge on any atom is -0.494 e. The summed E-state index contributed by atoms with van der Waals surface area (Å²) >= 11 is 0. The molecule has 3 aromatic rings. The van der Waals surface area contributed by atoms with Crippen molar-refractivity contribution in [3.8, 4) is 17.0 Å². The first kappa shape index (κ1) is 19.9. The summed E-state index contributed by atoms with van der Waals surface area (Å²) in [6.07, 6.45) is -4.37. The van der Waals surface area contributed by atoms with Gasteiger partial charge in [-0.1, -0.05) is 42.5 Å². The van der Waals surface area contributed by atoms with E-state index in [1.54, 1.807) is 6.07 Å². The normalized spacial score (nSPS) is 12.6. The predicted octanol–water partition coefficient (Wildman–Crippen LogP) is 5.63. The molecule has 0 aliphatic rings. The number of hydrogen-bond donors (Lipinski definition) is 1.